The number of nitrogens with zero attached hydrogens (tertiary/aromatic N) is 2. The second-order valence-corrected chi connectivity index (χ2v) is 4.04. The van der Waals surface area contributed by atoms with Gasteiger partial charge in [-0.1, -0.05) is 0 Å². The van der Waals surface area contributed by atoms with Gasteiger partial charge in [0.2, 0.25) is 0 Å². The van der Waals surface area contributed by atoms with Gasteiger partial charge in [-0.2, -0.15) is 5.26 Å². The zero-order chi connectivity index (χ0) is 13.0. The molecule has 0 bridgehead atoms. The molecule has 0 spiro atoms. The molecule has 3 nitrogen and oxygen atoms in total. The molecule has 0 amide bonds. The number of nitriles is 1. The number of carbonyl (C=O) groups is 1. The second kappa shape index (κ2) is 5.44. The van der Waals surface area contributed by atoms with Crippen molar-refractivity contribution >= 4 is 11.5 Å². The van der Waals surface area contributed by atoms with Gasteiger partial charge in [0, 0.05) is 24.3 Å². The lowest BCUT2D eigenvalue weighted by Crippen LogP contribution is -2.29. The number of carbonyl (C=O) groups excluding carboxylic acids is 1. The van der Waals surface area contributed by atoms with Crippen molar-refractivity contribution in [2.24, 2.45) is 0 Å². The first-order valence-electron chi connectivity index (χ1n) is 5.37. The van der Waals surface area contributed by atoms with Crippen molar-refractivity contribution < 1.29 is 9.18 Å². The summed E-state index contributed by atoms with van der Waals surface area (Å²) in [5.74, 6) is -0.615. The topological polar surface area (TPSA) is 44.1 Å². The molecule has 0 radical (unpaired) electrons. The number of hydrogen-bond acceptors (Lipinski definition) is 3. The van der Waals surface area contributed by atoms with E-state index in [0.29, 0.717) is 17.7 Å². The van der Waals surface area contributed by atoms with Gasteiger partial charge < -0.3 is 4.90 Å². The molecule has 1 rings (SSSR count). The van der Waals surface area contributed by atoms with Crippen molar-refractivity contribution in [2.45, 2.75) is 26.3 Å². The maximum Gasteiger partial charge on any atom is 0.161 e. The van der Waals surface area contributed by atoms with E-state index >= 15 is 0 Å². The first kappa shape index (κ1) is 13.2. The smallest absolute Gasteiger partial charge is 0.161 e. The van der Waals surface area contributed by atoms with Gasteiger partial charge in [0.05, 0.1) is 12.5 Å². The summed E-state index contributed by atoms with van der Waals surface area (Å²) in [4.78, 5) is 13.3. The summed E-state index contributed by atoms with van der Waals surface area (Å²) < 4.78 is 13.1. The lowest BCUT2D eigenvalue weighted by Gasteiger charge is -2.27. The minimum atomic E-state index is -0.430. The molecule has 1 aromatic rings. The van der Waals surface area contributed by atoms with Gasteiger partial charge in [0.15, 0.2) is 5.78 Å². The summed E-state index contributed by atoms with van der Waals surface area (Å²) in [5.41, 5.74) is 0.999. The van der Waals surface area contributed by atoms with Gasteiger partial charge in [-0.15, -0.1) is 0 Å². The van der Waals surface area contributed by atoms with Crippen LogP contribution >= 0.6 is 0 Å². The van der Waals surface area contributed by atoms with Crippen LogP contribution in [0.1, 0.15) is 30.6 Å². The van der Waals surface area contributed by atoms with E-state index in [-0.39, 0.29) is 11.8 Å². The Bertz CT molecular complexity index is 465. The maximum atomic E-state index is 13.1. The van der Waals surface area contributed by atoms with Crippen molar-refractivity contribution in [3.63, 3.8) is 0 Å². The van der Waals surface area contributed by atoms with Crippen molar-refractivity contribution in [1.29, 1.82) is 5.26 Å². The Kier molecular flexibility index (Phi) is 4.22. The van der Waals surface area contributed by atoms with Crippen molar-refractivity contribution in [3.8, 4) is 6.07 Å². The minimum Gasteiger partial charge on any atom is -0.370 e. The van der Waals surface area contributed by atoms with E-state index in [9.17, 15) is 9.18 Å². The Morgan fingerprint density at radius 3 is 2.76 bits per heavy atom. The van der Waals surface area contributed by atoms with Crippen LogP contribution in [0.3, 0.4) is 0 Å². The zero-order valence-electron chi connectivity index (χ0n) is 10.2. The van der Waals surface area contributed by atoms with Crippen LogP contribution in [-0.4, -0.2) is 18.9 Å². The van der Waals surface area contributed by atoms with E-state index in [2.05, 4.69) is 6.07 Å². The molecule has 0 aliphatic rings. The van der Waals surface area contributed by atoms with Crippen LogP contribution in [0.5, 0.6) is 0 Å². The summed E-state index contributed by atoms with van der Waals surface area (Å²) in [5, 5.41) is 8.65. The third-order valence-electron chi connectivity index (χ3n) is 2.77. The molecule has 0 N–H and O–H groups in total. The number of halogens is 1. The van der Waals surface area contributed by atoms with Gasteiger partial charge in [0.1, 0.15) is 5.82 Å². The standard InChI is InChI=1S/C13H15FN2O/c1-9(6-7-15)16(3)13-5-4-11(14)8-12(13)10(2)17/h4-5,8-9H,6H2,1-3H3. The molecule has 1 atom stereocenters. The van der Waals surface area contributed by atoms with Crippen molar-refractivity contribution in [2.75, 3.05) is 11.9 Å². The van der Waals surface area contributed by atoms with E-state index in [4.69, 9.17) is 5.26 Å². The third-order valence-corrected chi connectivity index (χ3v) is 2.77. The number of Topliss-reactive ketones (excluding diaryl/α,β-unsaturated/α-hetero) is 1. The largest absolute Gasteiger partial charge is 0.370 e. The molecular formula is C13H15FN2O. The maximum absolute atomic E-state index is 13.1. The van der Waals surface area contributed by atoms with Gasteiger partial charge in [-0.25, -0.2) is 4.39 Å². The molecule has 0 fully saturated rings. The van der Waals surface area contributed by atoms with Crippen LogP contribution in [0.25, 0.3) is 0 Å². The monoisotopic (exact) mass is 234 g/mol. The van der Waals surface area contributed by atoms with E-state index in [0.717, 1.165) is 0 Å². The van der Waals surface area contributed by atoms with Crippen LogP contribution in [0, 0.1) is 17.1 Å². The minimum absolute atomic E-state index is 0.0245. The zero-order valence-corrected chi connectivity index (χ0v) is 10.2. The number of rotatable bonds is 4. The lowest BCUT2D eigenvalue weighted by molar-refractivity contribution is 0.101. The van der Waals surface area contributed by atoms with Crippen LogP contribution in [0.2, 0.25) is 0 Å². The molecule has 1 aromatic carbocycles. The number of anilines is 1. The van der Waals surface area contributed by atoms with Crippen LogP contribution in [-0.2, 0) is 0 Å². The fraction of sp³-hybridized carbons (Fsp3) is 0.385. The number of hydrogen-bond donors (Lipinski definition) is 0. The molecule has 0 heterocycles. The average Bonchev–Trinajstić information content (AvgIpc) is 2.28. The fourth-order valence-corrected chi connectivity index (χ4v) is 1.60. The SMILES string of the molecule is CC(=O)c1cc(F)ccc1N(C)C(C)CC#N. The first-order valence-corrected chi connectivity index (χ1v) is 5.37. The Labute approximate surface area is 100 Å². The quantitative estimate of drug-likeness (QED) is 0.752. The molecule has 0 aliphatic heterocycles. The molecular weight excluding hydrogens is 219 g/mol. The van der Waals surface area contributed by atoms with E-state index in [1.165, 1.54) is 19.1 Å². The van der Waals surface area contributed by atoms with Crippen LogP contribution in [0.4, 0.5) is 10.1 Å². The Morgan fingerprint density at radius 1 is 1.59 bits per heavy atom. The molecule has 0 saturated heterocycles. The highest BCUT2D eigenvalue weighted by atomic mass is 19.1. The van der Waals surface area contributed by atoms with Crippen molar-refractivity contribution in [3.05, 3.63) is 29.6 Å². The summed E-state index contributed by atoms with van der Waals surface area (Å²) in [6.45, 7) is 3.29. The van der Waals surface area contributed by atoms with E-state index in [1.807, 2.05) is 11.8 Å². The fourth-order valence-electron chi connectivity index (χ4n) is 1.60. The highest BCUT2D eigenvalue weighted by Crippen LogP contribution is 2.23. The highest BCUT2D eigenvalue weighted by Gasteiger charge is 2.16. The molecule has 0 aromatic heterocycles. The van der Waals surface area contributed by atoms with E-state index in [1.54, 1.807) is 13.1 Å². The molecule has 90 valence electrons. The summed E-state index contributed by atoms with van der Waals surface area (Å²) in [6, 6.07) is 6.17. The van der Waals surface area contributed by atoms with E-state index < -0.39 is 5.82 Å². The van der Waals surface area contributed by atoms with Crippen LogP contribution < -0.4 is 4.90 Å². The molecule has 0 aliphatic carbocycles. The first-order chi connectivity index (χ1) is 7.97. The second-order valence-electron chi connectivity index (χ2n) is 4.04. The molecule has 4 heteroatoms. The molecule has 17 heavy (non-hydrogen) atoms. The van der Waals surface area contributed by atoms with Crippen molar-refractivity contribution in [1.82, 2.24) is 0 Å². The van der Waals surface area contributed by atoms with Gasteiger partial charge in [-0.05, 0) is 32.0 Å². The Hall–Kier alpha value is -1.89. The highest BCUT2D eigenvalue weighted by molar-refractivity contribution is 5.99. The summed E-state index contributed by atoms with van der Waals surface area (Å²) in [6.07, 6.45) is 0.352. The normalized spacial score (nSPS) is 11.7. The van der Waals surface area contributed by atoms with Crippen LogP contribution in [0.15, 0.2) is 18.2 Å². The molecule has 0 saturated carbocycles. The predicted molar refractivity (Wildman–Crippen MR) is 64.5 cm³/mol. The van der Waals surface area contributed by atoms with Gasteiger partial charge >= 0.3 is 0 Å². The molecule has 1 unspecified atom stereocenters. The lowest BCUT2D eigenvalue weighted by atomic mass is 10.1. The average molecular weight is 234 g/mol. The number of benzene rings is 1. The summed E-state index contributed by atoms with van der Waals surface area (Å²) in [7, 11) is 1.79. The predicted octanol–water partition coefficient (Wildman–Crippen LogP) is 2.77. The third kappa shape index (κ3) is 3.04. The Morgan fingerprint density at radius 2 is 2.24 bits per heavy atom. The summed E-state index contributed by atoms with van der Waals surface area (Å²) >= 11 is 0. The van der Waals surface area contributed by atoms with Gasteiger partial charge in [0.25, 0.3) is 0 Å². The number of ketones is 1. The van der Waals surface area contributed by atoms with Gasteiger partial charge in [-0.3, -0.25) is 4.79 Å². The Balaban J connectivity index is 3.13.